The van der Waals surface area contributed by atoms with E-state index < -0.39 is 0 Å². The molecule has 0 rings (SSSR count). The van der Waals surface area contributed by atoms with Crippen LogP contribution in [0.5, 0.6) is 0 Å². The molecule has 0 aliphatic carbocycles. The molecule has 0 aliphatic rings. The van der Waals surface area contributed by atoms with E-state index in [1.165, 1.54) is 82.0 Å². The van der Waals surface area contributed by atoms with E-state index in [9.17, 15) is 0 Å². The minimum absolute atomic E-state index is 0. The molecule has 0 atom stereocenters. The van der Waals surface area contributed by atoms with Gasteiger partial charge in [0, 0.05) is 0 Å². The molecule has 0 saturated carbocycles. The maximum atomic E-state index is 2.33. The molecule has 0 aliphatic heterocycles. The summed E-state index contributed by atoms with van der Waals surface area (Å²) in [6.45, 7) is 15.0. The van der Waals surface area contributed by atoms with Crippen LogP contribution < -0.4 is 0 Å². The van der Waals surface area contributed by atoms with Gasteiger partial charge in [0.05, 0.1) is 26.2 Å². The summed E-state index contributed by atoms with van der Waals surface area (Å²) in [5.41, 5.74) is 0. The summed E-state index contributed by atoms with van der Waals surface area (Å²) in [6.07, 6.45) is 11.1. The molecule has 0 bridgehead atoms. The van der Waals surface area contributed by atoms with Gasteiger partial charge in [-0.15, -0.1) is 0 Å². The number of rotatable bonds is 12. The summed E-state index contributed by atoms with van der Waals surface area (Å²) < 4.78 is 1.42. The van der Waals surface area contributed by atoms with Gasteiger partial charge in [0.1, 0.15) is 0 Å². The molecule has 0 amide bonds. The number of hydrogen-bond donors (Lipinski definition) is 0. The van der Waals surface area contributed by atoms with Crippen molar-refractivity contribution in [2.75, 3.05) is 26.2 Å². The Hall–Kier alpha value is 1.60. The molecular formula is C16H37KN+. The van der Waals surface area contributed by atoms with Crippen LogP contribution in [0.25, 0.3) is 0 Å². The Kier molecular flexibility index (Phi) is 18.2. The van der Waals surface area contributed by atoms with Crippen molar-refractivity contribution >= 4 is 51.4 Å². The van der Waals surface area contributed by atoms with Crippen LogP contribution in [0.3, 0.4) is 0 Å². The Morgan fingerprint density at radius 1 is 0.500 bits per heavy atom. The normalized spacial score (nSPS) is 11.3. The Bertz CT molecular complexity index is 122. The van der Waals surface area contributed by atoms with E-state index in [2.05, 4.69) is 27.7 Å². The molecule has 0 aromatic carbocycles. The van der Waals surface area contributed by atoms with Gasteiger partial charge < -0.3 is 4.48 Å². The van der Waals surface area contributed by atoms with Crippen molar-refractivity contribution in [1.29, 1.82) is 0 Å². The van der Waals surface area contributed by atoms with Crippen molar-refractivity contribution in [3.63, 3.8) is 0 Å². The van der Waals surface area contributed by atoms with Crippen molar-refractivity contribution in [3.8, 4) is 0 Å². The van der Waals surface area contributed by atoms with E-state index in [-0.39, 0.29) is 51.4 Å². The second-order valence-corrected chi connectivity index (χ2v) is 5.65. The zero-order chi connectivity index (χ0) is 13.0. The zero-order valence-corrected chi connectivity index (χ0v) is 12.9. The zero-order valence-electron chi connectivity index (χ0n) is 12.9. The summed E-state index contributed by atoms with van der Waals surface area (Å²) in [5, 5.41) is 0. The van der Waals surface area contributed by atoms with Crippen molar-refractivity contribution in [3.05, 3.63) is 0 Å². The van der Waals surface area contributed by atoms with Crippen molar-refractivity contribution in [2.45, 2.75) is 79.1 Å². The fraction of sp³-hybridized carbons (Fsp3) is 1.00. The Labute approximate surface area is 159 Å². The second kappa shape index (κ2) is 15.0. The number of quaternary nitrogens is 1. The summed E-state index contributed by atoms with van der Waals surface area (Å²) in [4.78, 5) is 0. The average molecular weight is 283 g/mol. The third-order valence-electron chi connectivity index (χ3n) is 3.94. The topological polar surface area (TPSA) is 0 Å². The fourth-order valence-corrected chi connectivity index (χ4v) is 2.64. The first-order valence-corrected chi connectivity index (χ1v) is 8.09. The third-order valence-corrected chi connectivity index (χ3v) is 3.94. The predicted octanol–water partition coefficient (Wildman–Crippen LogP) is 4.36. The van der Waals surface area contributed by atoms with Gasteiger partial charge >= 0.3 is 51.4 Å². The fourth-order valence-electron chi connectivity index (χ4n) is 2.64. The predicted molar refractivity (Wildman–Crippen MR) is 86.5 cm³/mol. The Morgan fingerprint density at radius 2 is 0.722 bits per heavy atom. The molecule has 0 aromatic rings. The first kappa shape index (κ1) is 21.9. The number of nitrogens with zero attached hydrogens (tertiary/aromatic N) is 1. The molecule has 0 aromatic heterocycles. The van der Waals surface area contributed by atoms with Gasteiger partial charge in [0.25, 0.3) is 0 Å². The van der Waals surface area contributed by atoms with Crippen LogP contribution in [-0.2, 0) is 0 Å². The van der Waals surface area contributed by atoms with Crippen molar-refractivity contribution in [2.24, 2.45) is 0 Å². The molecule has 0 unspecified atom stereocenters. The quantitative estimate of drug-likeness (QED) is 0.369. The number of unbranched alkanes of at least 4 members (excludes halogenated alkanes) is 4. The molecule has 0 heterocycles. The van der Waals surface area contributed by atoms with Crippen LogP contribution in [0.15, 0.2) is 0 Å². The van der Waals surface area contributed by atoms with Crippen LogP contribution in [0.1, 0.15) is 79.1 Å². The molecule has 18 heavy (non-hydrogen) atoms. The maximum absolute atomic E-state index is 2.33. The summed E-state index contributed by atoms with van der Waals surface area (Å²) >= 11 is 0. The van der Waals surface area contributed by atoms with Crippen LogP contribution in [0.2, 0.25) is 0 Å². The SMILES string of the molecule is CCCC[N+](CCCC)(CCCC)CCCC.[KH]. The Balaban J connectivity index is 0. The first-order valence-electron chi connectivity index (χ1n) is 8.09. The molecule has 106 valence electrons. The molecule has 0 radical (unpaired) electrons. The Morgan fingerprint density at radius 3 is 0.889 bits per heavy atom. The van der Waals surface area contributed by atoms with Gasteiger partial charge in [-0.25, -0.2) is 0 Å². The van der Waals surface area contributed by atoms with Gasteiger partial charge in [-0.1, -0.05) is 53.4 Å². The third kappa shape index (κ3) is 10.4. The van der Waals surface area contributed by atoms with Gasteiger partial charge in [0.15, 0.2) is 0 Å². The van der Waals surface area contributed by atoms with E-state index in [1.54, 1.807) is 0 Å². The van der Waals surface area contributed by atoms with Crippen LogP contribution in [-0.4, -0.2) is 82.0 Å². The summed E-state index contributed by atoms with van der Waals surface area (Å²) in [5.74, 6) is 0. The van der Waals surface area contributed by atoms with Crippen LogP contribution >= 0.6 is 0 Å². The molecule has 0 fully saturated rings. The summed E-state index contributed by atoms with van der Waals surface area (Å²) in [6, 6.07) is 0. The van der Waals surface area contributed by atoms with Gasteiger partial charge in [-0.05, 0) is 25.7 Å². The molecule has 1 nitrogen and oxygen atoms in total. The van der Waals surface area contributed by atoms with E-state index >= 15 is 0 Å². The molecular weight excluding hydrogens is 245 g/mol. The van der Waals surface area contributed by atoms with E-state index in [0.717, 1.165) is 0 Å². The average Bonchev–Trinajstić information content (AvgIpc) is 2.37. The molecule has 0 saturated heterocycles. The van der Waals surface area contributed by atoms with Gasteiger partial charge in [0.2, 0.25) is 0 Å². The van der Waals surface area contributed by atoms with Crippen molar-refractivity contribution in [1.82, 2.24) is 0 Å². The van der Waals surface area contributed by atoms with Crippen LogP contribution in [0, 0.1) is 0 Å². The van der Waals surface area contributed by atoms with E-state index in [0.29, 0.717) is 0 Å². The van der Waals surface area contributed by atoms with Crippen molar-refractivity contribution < 1.29 is 4.48 Å². The molecule has 0 N–H and O–H groups in total. The van der Waals surface area contributed by atoms with E-state index in [4.69, 9.17) is 0 Å². The summed E-state index contributed by atoms with van der Waals surface area (Å²) in [7, 11) is 0. The minimum atomic E-state index is 0. The number of hydrogen-bond acceptors (Lipinski definition) is 0. The van der Waals surface area contributed by atoms with Gasteiger partial charge in [-0.3, -0.25) is 0 Å². The van der Waals surface area contributed by atoms with Gasteiger partial charge in [-0.2, -0.15) is 0 Å². The first-order chi connectivity index (χ1) is 8.24. The monoisotopic (exact) mass is 282 g/mol. The molecule has 2 heteroatoms. The standard InChI is InChI=1S/C16H36N.K.H/c1-5-9-13-17(14-10-6-2,15-11-7-3)16-12-8-4;;/h5-16H2,1-4H3;;/q+1;;. The molecule has 0 spiro atoms. The van der Waals surface area contributed by atoms with E-state index in [1.807, 2.05) is 0 Å². The van der Waals surface area contributed by atoms with Crippen LogP contribution in [0.4, 0.5) is 0 Å². The second-order valence-electron chi connectivity index (χ2n) is 5.65.